The van der Waals surface area contributed by atoms with Crippen LogP contribution in [0.5, 0.6) is 0 Å². The molecular weight excluding hydrogens is 396 g/mol. The number of aryl methyl sites for hydroxylation is 1. The highest BCUT2D eigenvalue weighted by atomic mass is 32.2. The molecular formula is C22H22N6OS. The maximum atomic E-state index is 11.9. The zero-order chi connectivity index (χ0) is 20.7. The number of hydrogen-bond acceptors (Lipinski definition) is 5. The molecule has 0 bridgehead atoms. The summed E-state index contributed by atoms with van der Waals surface area (Å²) in [5.41, 5.74) is 8.24. The number of fused-ring (bicyclic) bond motifs is 2. The van der Waals surface area contributed by atoms with E-state index in [-0.39, 0.29) is 0 Å². The molecule has 152 valence electrons. The number of aromatic nitrogens is 4. The Labute approximate surface area is 177 Å². The standard InChI is InChI=1S/C22H22N6OS/c1-14-6-7-16(10-18(14)21-26-20-11-23-13-24-22(20)27-21)25-19-5-3-4-15-12-28(30(2)29)9-8-17(15)19/h3-7,10-11,13,25H,8-9,12H2,1-2H3,(H,23,24,26,27). The van der Waals surface area contributed by atoms with Crippen LogP contribution >= 0.6 is 0 Å². The molecule has 0 aliphatic carbocycles. The molecule has 8 heteroatoms. The monoisotopic (exact) mass is 418 g/mol. The minimum absolute atomic E-state index is 0.660. The van der Waals surface area contributed by atoms with Gasteiger partial charge in [-0.2, -0.15) is 0 Å². The molecule has 5 rings (SSSR count). The Morgan fingerprint density at radius 1 is 1.23 bits per heavy atom. The maximum Gasteiger partial charge on any atom is 0.181 e. The molecule has 2 aromatic carbocycles. The van der Waals surface area contributed by atoms with Gasteiger partial charge in [0, 0.05) is 36.3 Å². The third kappa shape index (κ3) is 3.48. The van der Waals surface area contributed by atoms with Gasteiger partial charge in [-0.25, -0.2) is 23.5 Å². The van der Waals surface area contributed by atoms with Crippen LogP contribution in [-0.4, -0.2) is 41.3 Å². The van der Waals surface area contributed by atoms with E-state index in [2.05, 4.69) is 68.6 Å². The first kappa shape index (κ1) is 18.9. The lowest BCUT2D eigenvalue weighted by molar-refractivity contribution is 0.424. The van der Waals surface area contributed by atoms with E-state index < -0.39 is 11.0 Å². The normalized spacial score (nSPS) is 15.1. The summed E-state index contributed by atoms with van der Waals surface area (Å²) in [4.78, 5) is 16.2. The second-order valence-corrected chi connectivity index (χ2v) is 8.84. The molecule has 1 aliphatic heterocycles. The second kappa shape index (κ2) is 7.62. The van der Waals surface area contributed by atoms with Crippen LogP contribution in [0.2, 0.25) is 0 Å². The van der Waals surface area contributed by atoms with Crippen molar-refractivity contribution >= 4 is 33.5 Å². The summed E-state index contributed by atoms with van der Waals surface area (Å²) < 4.78 is 13.9. The Balaban J connectivity index is 1.47. The quantitative estimate of drug-likeness (QED) is 0.527. The number of nitrogens with zero attached hydrogens (tertiary/aromatic N) is 4. The second-order valence-electron chi connectivity index (χ2n) is 7.48. The molecule has 7 nitrogen and oxygen atoms in total. The predicted molar refractivity (Wildman–Crippen MR) is 120 cm³/mol. The molecule has 1 atom stereocenters. The topological polar surface area (TPSA) is 86.8 Å². The van der Waals surface area contributed by atoms with Gasteiger partial charge in [0.05, 0.1) is 17.2 Å². The molecule has 0 amide bonds. The Morgan fingerprint density at radius 2 is 2.13 bits per heavy atom. The van der Waals surface area contributed by atoms with Crippen molar-refractivity contribution < 1.29 is 4.21 Å². The molecule has 0 fully saturated rings. The summed E-state index contributed by atoms with van der Waals surface area (Å²) in [6.07, 6.45) is 5.86. The lowest BCUT2D eigenvalue weighted by Gasteiger charge is -2.28. The smallest absolute Gasteiger partial charge is 0.181 e. The van der Waals surface area contributed by atoms with Crippen LogP contribution in [-0.2, 0) is 24.0 Å². The first-order valence-corrected chi connectivity index (χ1v) is 11.3. The molecule has 3 heterocycles. The lowest BCUT2D eigenvalue weighted by atomic mass is 9.98. The van der Waals surface area contributed by atoms with E-state index in [1.54, 1.807) is 12.5 Å². The highest BCUT2D eigenvalue weighted by molar-refractivity contribution is 7.81. The highest BCUT2D eigenvalue weighted by Gasteiger charge is 2.21. The summed E-state index contributed by atoms with van der Waals surface area (Å²) in [5, 5.41) is 3.58. The van der Waals surface area contributed by atoms with Crippen molar-refractivity contribution in [2.24, 2.45) is 0 Å². The van der Waals surface area contributed by atoms with E-state index in [0.29, 0.717) is 12.2 Å². The zero-order valence-electron chi connectivity index (χ0n) is 16.8. The summed E-state index contributed by atoms with van der Waals surface area (Å²) in [7, 11) is -0.945. The number of anilines is 2. The van der Waals surface area contributed by atoms with Crippen molar-refractivity contribution in [3.05, 3.63) is 65.6 Å². The van der Waals surface area contributed by atoms with Gasteiger partial charge in [-0.3, -0.25) is 0 Å². The van der Waals surface area contributed by atoms with Crippen LogP contribution in [0.4, 0.5) is 11.4 Å². The van der Waals surface area contributed by atoms with Crippen LogP contribution in [0.1, 0.15) is 16.7 Å². The molecule has 30 heavy (non-hydrogen) atoms. The SMILES string of the molecule is Cc1ccc(Nc2cccc3c2CCN(S(C)=O)C3)cc1-c1nc2ncncc2[nH]1. The van der Waals surface area contributed by atoms with E-state index >= 15 is 0 Å². The number of imidazole rings is 1. The van der Waals surface area contributed by atoms with Gasteiger partial charge in [0.25, 0.3) is 0 Å². The number of rotatable bonds is 4. The molecule has 0 saturated heterocycles. The van der Waals surface area contributed by atoms with E-state index in [1.165, 1.54) is 17.5 Å². The van der Waals surface area contributed by atoms with E-state index in [4.69, 9.17) is 0 Å². The summed E-state index contributed by atoms with van der Waals surface area (Å²) in [6.45, 7) is 3.59. The average molecular weight is 419 g/mol. The van der Waals surface area contributed by atoms with Gasteiger partial charge < -0.3 is 10.3 Å². The summed E-state index contributed by atoms with van der Waals surface area (Å²) >= 11 is 0. The molecule has 0 radical (unpaired) electrons. The molecule has 0 spiro atoms. The molecule has 1 aliphatic rings. The fraction of sp³-hybridized carbons (Fsp3) is 0.227. The van der Waals surface area contributed by atoms with Crippen LogP contribution in [0.3, 0.4) is 0 Å². The molecule has 2 N–H and O–H groups in total. The van der Waals surface area contributed by atoms with E-state index in [9.17, 15) is 4.21 Å². The van der Waals surface area contributed by atoms with Crippen LogP contribution in [0, 0.1) is 6.92 Å². The van der Waals surface area contributed by atoms with Crippen molar-refractivity contribution in [1.29, 1.82) is 0 Å². The fourth-order valence-corrected chi connectivity index (χ4v) is 4.59. The average Bonchev–Trinajstić information content (AvgIpc) is 3.19. The predicted octanol–water partition coefficient (Wildman–Crippen LogP) is 3.72. The van der Waals surface area contributed by atoms with Crippen molar-refractivity contribution in [2.45, 2.75) is 19.9 Å². The van der Waals surface area contributed by atoms with Gasteiger partial charge in [-0.15, -0.1) is 0 Å². The Hall–Kier alpha value is -3.10. The largest absolute Gasteiger partial charge is 0.355 e. The number of aromatic amines is 1. The van der Waals surface area contributed by atoms with Gasteiger partial charge in [0.1, 0.15) is 17.7 Å². The van der Waals surface area contributed by atoms with Crippen molar-refractivity contribution in [2.75, 3.05) is 18.1 Å². The van der Waals surface area contributed by atoms with Crippen LogP contribution in [0.25, 0.3) is 22.6 Å². The van der Waals surface area contributed by atoms with Gasteiger partial charge in [0.15, 0.2) is 5.65 Å². The lowest BCUT2D eigenvalue weighted by Crippen LogP contribution is -2.31. The number of benzene rings is 2. The highest BCUT2D eigenvalue weighted by Crippen LogP contribution is 2.31. The van der Waals surface area contributed by atoms with Gasteiger partial charge in [-0.1, -0.05) is 18.2 Å². The minimum Gasteiger partial charge on any atom is -0.355 e. The van der Waals surface area contributed by atoms with Crippen molar-refractivity contribution in [3.63, 3.8) is 0 Å². The molecule has 2 aromatic heterocycles. The van der Waals surface area contributed by atoms with Crippen molar-refractivity contribution in [1.82, 2.24) is 24.2 Å². The Morgan fingerprint density at radius 3 is 2.97 bits per heavy atom. The first-order valence-electron chi connectivity index (χ1n) is 9.81. The van der Waals surface area contributed by atoms with Crippen LogP contribution < -0.4 is 5.32 Å². The number of H-pyrrole nitrogens is 1. The van der Waals surface area contributed by atoms with E-state index in [0.717, 1.165) is 46.8 Å². The van der Waals surface area contributed by atoms with Gasteiger partial charge in [0.2, 0.25) is 0 Å². The summed E-state index contributed by atoms with van der Waals surface area (Å²) in [6, 6.07) is 12.6. The summed E-state index contributed by atoms with van der Waals surface area (Å²) in [5.74, 6) is 0.780. The maximum absolute atomic E-state index is 11.9. The third-order valence-corrected chi connectivity index (χ3v) is 6.57. The first-order chi connectivity index (χ1) is 14.6. The Kier molecular flexibility index (Phi) is 4.80. The molecule has 4 aromatic rings. The minimum atomic E-state index is -0.945. The Bertz CT molecular complexity index is 1230. The number of nitrogens with one attached hydrogen (secondary N) is 2. The van der Waals surface area contributed by atoms with Gasteiger partial charge >= 0.3 is 0 Å². The van der Waals surface area contributed by atoms with Gasteiger partial charge in [-0.05, 0) is 48.2 Å². The third-order valence-electron chi connectivity index (χ3n) is 5.53. The molecule has 0 saturated carbocycles. The number of hydrogen-bond donors (Lipinski definition) is 2. The fourth-order valence-electron chi connectivity index (χ4n) is 3.92. The molecule has 1 unspecified atom stereocenters. The van der Waals surface area contributed by atoms with Crippen molar-refractivity contribution in [3.8, 4) is 11.4 Å². The van der Waals surface area contributed by atoms with Crippen LogP contribution in [0.15, 0.2) is 48.9 Å². The zero-order valence-corrected chi connectivity index (χ0v) is 17.7. The van der Waals surface area contributed by atoms with E-state index in [1.807, 2.05) is 4.31 Å².